The molecule has 0 saturated heterocycles. The summed E-state index contributed by atoms with van der Waals surface area (Å²) in [4.78, 5) is 11.2. The van der Waals surface area contributed by atoms with Crippen LogP contribution in [0.3, 0.4) is 0 Å². The number of hydrogen-bond donors (Lipinski definition) is 0. The first-order valence-electron chi connectivity index (χ1n) is 5.75. The minimum Gasteiger partial charge on any atom is -0.227 e. The van der Waals surface area contributed by atoms with E-state index < -0.39 is 0 Å². The van der Waals surface area contributed by atoms with E-state index in [2.05, 4.69) is 29.9 Å². The fourth-order valence-corrected chi connectivity index (χ4v) is 3.23. The number of nitrogens with zero attached hydrogens (tertiary/aromatic N) is 2. The molecule has 96 valence electrons. The molecular weight excluding hydrogens is 299 g/mol. The predicted octanol–water partition coefficient (Wildman–Crippen LogP) is 5.28. The molecule has 0 radical (unpaired) electrons. The maximum Gasteiger partial charge on any atom is 0.171 e. The van der Waals surface area contributed by atoms with E-state index in [0.717, 1.165) is 15.8 Å². The van der Waals surface area contributed by atoms with Crippen LogP contribution < -0.4 is 0 Å². The summed E-state index contributed by atoms with van der Waals surface area (Å²) >= 11 is 13.9. The Balaban J connectivity index is 2.25. The number of benzene rings is 1. The predicted molar refractivity (Wildman–Crippen MR) is 82.3 cm³/mol. The Hall–Kier alpha value is -1.16. The molecule has 0 aliphatic carbocycles. The van der Waals surface area contributed by atoms with Gasteiger partial charge in [-0.05, 0) is 43.7 Å². The van der Waals surface area contributed by atoms with Gasteiger partial charge in [-0.25, -0.2) is 9.97 Å². The molecule has 0 fully saturated rings. The van der Waals surface area contributed by atoms with Gasteiger partial charge in [0.05, 0.1) is 10.4 Å². The normalized spacial score (nSPS) is 11.2. The molecule has 0 aliphatic rings. The first-order valence-corrected chi connectivity index (χ1v) is 7.32. The maximum absolute atomic E-state index is 6.22. The van der Waals surface area contributed by atoms with Gasteiger partial charge in [0, 0.05) is 15.3 Å². The second-order valence-corrected chi connectivity index (χ2v) is 6.40. The van der Waals surface area contributed by atoms with Gasteiger partial charge in [-0.3, -0.25) is 0 Å². The molecule has 0 saturated carbocycles. The van der Waals surface area contributed by atoms with Crippen LogP contribution in [0.5, 0.6) is 0 Å². The zero-order valence-corrected chi connectivity index (χ0v) is 12.7. The molecule has 1 aromatic carbocycles. The van der Waals surface area contributed by atoms with Crippen molar-refractivity contribution in [2.75, 3.05) is 0 Å². The molecule has 2 aromatic heterocycles. The third-order valence-corrected chi connectivity index (χ3v) is 4.67. The fraction of sp³-hybridized carbons (Fsp3) is 0.143. The highest BCUT2D eigenvalue weighted by Crippen LogP contribution is 2.31. The molecule has 0 amide bonds. The van der Waals surface area contributed by atoms with Crippen molar-refractivity contribution >= 4 is 45.4 Å². The Morgan fingerprint density at radius 2 is 1.84 bits per heavy atom. The van der Waals surface area contributed by atoms with E-state index in [0.29, 0.717) is 16.0 Å². The molecule has 0 N–H and O–H groups in total. The summed E-state index contributed by atoms with van der Waals surface area (Å²) < 4.78 is 0. The number of rotatable bonds is 1. The van der Waals surface area contributed by atoms with Gasteiger partial charge < -0.3 is 0 Å². The van der Waals surface area contributed by atoms with Crippen LogP contribution in [0, 0.1) is 13.8 Å². The van der Waals surface area contributed by atoms with Crippen LogP contribution in [0.15, 0.2) is 24.3 Å². The molecule has 0 atom stereocenters. The van der Waals surface area contributed by atoms with E-state index >= 15 is 0 Å². The highest BCUT2D eigenvalue weighted by atomic mass is 35.5. The van der Waals surface area contributed by atoms with E-state index in [4.69, 9.17) is 23.2 Å². The van der Waals surface area contributed by atoms with Crippen molar-refractivity contribution in [1.29, 1.82) is 0 Å². The number of halogens is 2. The first kappa shape index (κ1) is 12.9. The molecule has 2 heterocycles. The lowest BCUT2D eigenvalue weighted by Gasteiger charge is -2.03. The second kappa shape index (κ2) is 4.75. The number of hydrogen-bond acceptors (Lipinski definition) is 3. The summed E-state index contributed by atoms with van der Waals surface area (Å²) in [5, 5.41) is 1.92. The molecule has 3 aromatic rings. The van der Waals surface area contributed by atoms with Crippen molar-refractivity contribution in [3.8, 4) is 10.7 Å². The lowest BCUT2D eigenvalue weighted by molar-refractivity contribution is 1.24. The van der Waals surface area contributed by atoms with Crippen molar-refractivity contribution in [2.24, 2.45) is 0 Å². The molecule has 0 bridgehead atoms. The third-order valence-electron chi connectivity index (χ3n) is 3.00. The molecule has 0 aliphatic heterocycles. The summed E-state index contributed by atoms with van der Waals surface area (Å²) in [5.74, 6) is 0.654. The second-order valence-electron chi connectivity index (χ2n) is 4.35. The lowest BCUT2D eigenvalue weighted by Crippen LogP contribution is -1.90. The number of aryl methyl sites for hydroxylation is 2. The van der Waals surface area contributed by atoms with E-state index in [1.54, 1.807) is 23.5 Å². The zero-order chi connectivity index (χ0) is 13.6. The van der Waals surface area contributed by atoms with E-state index in [-0.39, 0.29) is 0 Å². The van der Waals surface area contributed by atoms with Gasteiger partial charge >= 0.3 is 0 Å². The van der Waals surface area contributed by atoms with E-state index in [1.165, 1.54) is 10.4 Å². The summed E-state index contributed by atoms with van der Waals surface area (Å²) in [7, 11) is 0. The monoisotopic (exact) mass is 308 g/mol. The molecular formula is C14H10Cl2N2S. The van der Waals surface area contributed by atoms with Gasteiger partial charge in [-0.2, -0.15) is 0 Å². The van der Waals surface area contributed by atoms with Crippen LogP contribution in [0.4, 0.5) is 0 Å². The molecule has 2 nitrogen and oxygen atoms in total. The topological polar surface area (TPSA) is 25.8 Å². The minimum atomic E-state index is 0.459. The van der Waals surface area contributed by atoms with Crippen LogP contribution in [-0.4, -0.2) is 9.97 Å². The summed E-state index contributed by atoms with van der Waals surface area (Å²) in [6, 6.07) is 7.52. The van der Waals surface area contributed by atoms with Crippen LogP contribution in [0.1, 0.15) is 10.4 Å². The van der Waals surface area contributed by atoms with Crippen molar-refractivity contribution in [2.45, 2.75) is 13.8 Å². The quantitative estimate of drug-likeness (QED) is 0.571. The van der Waals surface area contributed by atoms with Crippen molar-refractivity contribution in [3.05, 3.63) is 44.9 Å². The Kier molecular flexibility index (Phi) is 3.21. The summed E-state index contributed by atoms with van der Waals surface area (Å²) in [6.45, 7) is 4.16. The highest BCUT2D eigenvalue weighted by Gasteiger charge is 2.11. The summed E-state index contributed by atoms with van der Waals surface area (Å²) in [6.07, 6.45) is 0. The molecule has 0 unspecified atom stereocenters. The van der Waals surface area contributed by atoms with Crippen molar-refractivity contribution in [1.82, 2.24) is 9.97 Å². The van der Waals surface area contributed by atoms with Gasteiger partial charge in [-0.15, -0.1) is 11.3 Å². The smallest absolute Gasteiger partial charge is 0.171 e. The Morgan fingerprint density at radius 3 is 2.53 bits per heavy atom. The minimum absolute atomic E-state index is 0.459. The molecule has 5 heteroatoms. The maximum atomic E-state index is 6.22. The molecule has 0 spiro atoms. The number of fused-ring (bicyclic) bond motifs is 1. The molecule has 3 rings (SSSR count). The third kappa shape index (κ3) is 2.34. The number of aromatic nitrogens is 2. The van der Waals surface area contributed by atoms with Crippen LogP contribution in [-0.2, 0) is 0 Å². The first-order chi connectivity index (χ1) is 9.04. The van der Waals surface area contributed by atoms with Gasteiger partial charge in [-0.1, -0.05) is 23.2 Å². The van der Waals surface area contributed by atoms with Crippen molar-refractivity contribution in [3.63, 3.8) is 0 Å². The van der Waals surface area contributed by atoms with Crippen LogP contribution >= 0.6 is 34.5 Å². The van der Waals surface area contributed by atoms with Gasteiger partial charge in [0.2, 0.25) is 0 Å². The molecule has 19 heavy (non-hydrogen) atoms. The average Bonchev–Trinajstić information content (AvgIpc) is 2.69. The SMILES string of the molecule is Cc1cc(-c2nc(Cl)c3ccc(Cl)cc3n2)sc1C. The zero-order valence-electron chi connectivity index (χ0n) is 10.4. The Morgan fingerprint density at radius 1 is 1.05 bits per heavy atom. The number of thiophene rings is 1. The standard InChI is InChI=1S/C14H10Cl2N2S/c1-7-5-12(19-8(7)2)14-17-11-6-9(15)3-4-10(11)13(16)18-14/h3-6H,1-2H3. The lowest BCUT2D eigenvalue weighted by atomic mass is 10.2. The Bertz CT molecular complexity index is 761. The van der Waals surface area contributed by atoms with Crippen LogP contribution in [0.2, 0.25) is 10.2 Å². The van der Waals surface area contributed by atoms with Gasteiger partial charge in [0.15, 0.2) is 5.82 Å². The largest absolute Gasteiger partial charge is 0.227 e. The van der Waals surface area contributed by atoms with Crippen molar-refractivity contribution < 1.29 is 0 Å². The highest BCUT2D eigenvalue weighted by molar-refractivity contribution is 7.15. The summed E-state index contributed by atoms with van der Waals surface area (Å²) in [5.41, 5.74) is 2.01. The van der Waals surface area contributed by atoms with Gasteiger partial charge in [0.25, 0.3) is 0 Å². The van der Waals surface area contributed by atoms with Crippen LogP contribution in [0.25, 0.3) is 21.6 Å². The Labute approximate surface area is 125 Å². The van der Waals surface area contributed by atoms with E-state index in [1.807, 2.05) is 6.07 Å². The van der Waals surface area contributed by atoms with E-state index in [9.17, 15) is 0 Å². The fourth-order valence-electron chi connectivity index (χ4n) is 1.86. The van der Waals surface area contributed by atoms with Gasteiger partial charge in [0.1, 0.15) is 5.15 Å². The average molecular weight is 309 g/mol.